The third-order valence-corrected chi connectivity index (χ3v) is 3.61. The van der Waals surface area contributed by atoms with Gasteiger partial charge in [0, 0.05) is 23.4 Å². The zero-order valence-electron chi connectivity index (χ0n) is 10.7. The summed E-state index contributed by atoms with van der Waals surface area (Å²) >= 11 is 7.02. The molecule has 1 aromatic heterocycles. The molecule has 3 N–H and O–H groups in total. The second-order valence-electron chi connectivity index (χ2n) is 4.00. The van der Waals surface area contributed by atoms with Crippen molar-refractivity contribution in [3.8, 4) is 10.6 Å². The topological polar surface area (TPSA) is 104 Å². The van der Waals surface area contributed by atoms with E-state index in [2.05, 4.69) is 15.5 Å². The number of hydrogen-bond acceptors (Lipinski definition) is 6. The number of benzene rings is 1. The first kappa shape index (κ1) is 15.4. The number of aromatic nitrogens is 2. The van der Waals surface area contributed by atoms with Crippen molar-refractivity contribution < 1.29 is 14.8 Å². The fraction of sp³-hybridized carbons (Fsp3) is 0.167. The van der Waals surface area contributed by atoms with Gasteiger partial charge in [-0.1, -0.05) is 35.1 Å². The number of nitrogens with one attached hydrogen (secondary N) is 2. The van der Waals surface area contributed by atoms with E-state index in [9.17, 15) is 9.59 Å². The van der Waals surface area contributed by atoms with Crippen LogP contribution in [0.1, 0.15) is 12.8 Å². The number of hydroxylamine groups is 1. The molecule has 2 amide bonds. The largest absolute Gasteiger partial charge is 0.301 e. The van der Waals surface area contributed by atoms with Gasteiger partial charge in [-0.05, 0) is 12.1 Å². The van der Waals surface area contributed by atoms with E-state index in [1.165, 1.54) is 16.8 Å². The zero-order valence-corrected chi connectivity index (χ0v) is 12.2. The van der Waals surface area contributed by atoms with Crippen molar-refractivity contribution in [2.24, 2.45) is 0 Å². The van der Waals surface area contributed by atoms with Crippen LogP contribution in [0.25, 0.3) is 10.6 Å². The Balaban J connectivity index is 1.95. The van der Waals surface area contributed by atoms with Crippen LogP contribution in [-0.2, 0) is 9.59 Å². The van der Waals surface area contributed by atoms with Gasteiger partial charge in [0.15, 0.2) is 0 Å². The maximum absolute atomic E-state index is 11.6. The van der Waals surface area contributed by atoms with Gasteiger partial charge < -0.3 is 5.32 Å². The van der Waals surface area contributed by atoms with Crippen molar-refractivity contribution in [3.05, 3.63) is 29.3 Å². The van der Waals surface area contributed by atoms with Crippen LogP contribution >= 0.6 is 22.9 Å². The van der Waals surface area contributed by atoms with Crippen LogP contribution in [0.15, 0.2) is 24.3 Å². The van der Waals surface area contributed by atoms with E-state index in [4.69, 9.17) is 16.8 Å². The number of carbonyl (C=O) groups is 2. The molecule has 0 saturated carbocycles. The second kappa shape index (κ2) is 7.11. The SMILES string of the molecule is O=C(CCC(=O)Nc1nnc(-c2ccc(Cl)cc2)s1)NO. The van der Waals surface area contributed by atoms with Crippen LogP contribution in [0.4, 0.5) is 5.13 Å². The smallest absolute Gasteiger partial charge is 0.243 e. The molecule has 110 valence electrons. The molecule has 1 aromatic carbocycles. The number of anilines is 1. The highest BCUT2D eigenvalue weighted by Gasteiger charge is 2.11. The Morgan fingerprint density at radius 2 is 1.81 bits per heavy atom. The van der Waals surface area contributed by atoms with Gasteiger partial charge in [0.05, 0.1) is 0 Å². The highest BCUT2D eigenvalue weighted by atomic mass is 35.5. The second-order valence-corrected chi connectivity index (χ2v) is 5.42. The predicted molar refractivity (Wildman–Crippen MR) is 78.1 cm³/mol. The van der Waals surface area contributed by atoms with Gasteiger partial charge in [-0.2, -0.15) is 0 Å². The lowest BCUT2D eigenvalue weighted by Gasteiger charge is -1.99. The summed E-state index contributed by atoms with van der Waals surface area (Å²) in [6, 6.07) is 7.09. The molecule has 0 bridgehead atoms. The van der Waals surface area contributed by atoms with Gasteiger partial charge >= 0.3 is 0 Å². The molecule has 0 aliphatic carbocycles. The molecule has 2 rings (SSSR count). The van der Waals surface area contributed by atoms with E-state index in [0.717, 1.165) is 5.56 Å². The highest BCUT2D eigenvalue weighted by molar-refractivity contribution is 7.18. The van der Waals surface area contributed by atoms with E-state index in [0.29, 0.717) is 15.2 Å². The molecule has 0 atom stereocenters. The van der Waals surface area contributed by atoms with Gasteiger partial charge in [-0.15, -0.1) is 10.2 Å². The first-order chi connectivity index (χ1) is 10.1. The Hall–Kier alpha value is -2.03. The molecule has 0 aliphatic heterocycles. The maximum Gasteiger partial charge on any atom is 0.243 e. The third kappa shape index (κ3) is 4.48. The lowest BCUT2D eigenvalue weighted by Crippen LogP contribution is -2.21. The van der Waals surface area contributed by atoms with E-state index in [1.807, 2.05) is 0 Å². The van der Waals surface area contributed by atoms with Crippen LogP contribution in [0.2, 0.25) is 5.02 Å². The third-order valence-electron chi connectivity index (χ3n) is 2.47. The quantitative estimate of drug-likeness (QED) is 0.576. The fourth-order valence-electron chi connectivity index (χ4n) is 1.45. The van der Waals surface area contributed by atoms with E-state index >= 15 is 0 Å². The molecule has 21 heavy (non-hydrogen) atoms. The Labute approximate surface area is 128 Å². The number of amides is 2. The minimum atomic E-state index is -0.621. The summed E-state index contributed by atoms with van der Waals surface area (Å²) in [7, 11) is 0. The summed E-state index contributed by atoms with van der Waals surface area (Å²) in [6.45, 7) is 0. The van der Waals surface area contributed by atoms with Crippen molar-refractivity contribution in [2.45, 2.75) is 12.8 Å². The summed E-state index contributed by atoms with van der Waals surface area (Å²) in [5, 5.41) is 20.3. The van der Waals surface area contributed by atoms with Gasteiger partial charge in [-0.25, -0.2) is 5.48 Å². The molecule has 0 radical (unpaired) electrons. The summed E-state index contributed by atoms with van der Waals surface area (Å²) in [5.41, 5.74) is 2.30. The zero-order chi connectivity index (χ0) is 15.2. The number of hydrogen-bond donors (Lipinski definition) is 3. The van der Waals surface area contributed by atoms with Crippen molar-refractivity contribution in [2.75, 3.05) is 5.32 Å². The van der Waals surface area contributed by atoms with Crippen LogP contribution in [0.5, 0.6) is 0 Å². The molecular weight excluding hydrogens is 316 g/mol. The van der Waals surface area contributed by atoms with Crippen molar-refractivity contribution in [1.29, 1.82) is 0 Å². The fourth-order valence-corrected chi connectivity index (χ4v) is 2.34. The maximum atomic E-state index is 11.6. The van der Waals surface area contributed by atoms with Gasteiger partial charge in [0.25, 0.3) is 0 Å². The average molecular weight is 327 g/mol. The molecule has 0 saturated heterocycles. The van der Waals surface area contributed by atoms with Crippen LogP contribution in [0.3, 0.4) is 0 Å². The Bertz CT molecular complexity index is 644. The summed E-state index contributed by atoms with van der Waals surface area (Å²) < 4.78 is 0. The number of halogens is 1. The highest BCUT2D eigenvalue weighted by Crippen LogP contribution is 2.27. The molecule has 0 unspecified atom stereocenters. The molecule has 1 heterocycles. The molecule has 7 nitrogen and oxygen atoms in total. The predicted octanol–water partition coefficient (Wildman–Crippen LogP) is 2.08. The lowest BCUT2D eigenvalue weighted by atomic mass is 10.2. The number of nitrogens with zero attached hydrogens (tertiary/aromatic N) is 2. The van der Waals surface area contributed by atoms with E-state index < -0.39 is 5.91 Å². The van der Waals surface area contributed by atoms with Crippen molar-refractivity contribution in [1.82, 2.24) is 15.7 Å². The molecule has 2 aromatic rings. The van der Waals surface area contributed by atoms with Crippen LogP contribution < -0.4 is 10.8 Å². The van der Waals surface area contributed by atoms with Crippen LogP contribution in [-0.4, -0.2) is 27.2 Å². The first-order valence-electron chi connectivity index (χ1n) is 5.90. The van der Waals surface area contributed by atoms with Crippen LogP contribution in [0, 0.1) is 0 Å². The minimum Gasteiger partial charge on any atom is -0.301 e. The monoisotopic (exact) mass is 326 g/mol. The molecule has 0 fully saturated rings. The standard InChI is InChI=1S/C12H11ClN4O3S/c13-8-3-1-7(2-4-8)11-15-16-12(21-11)14-9(18)5-6-10(19)17-20/h1-4,20H,5-6H2,(H,17,19)(H,14,16,18). The Morgan fingerprint density at radius 1 is 1.14 bits per heavy atom. The summed E-state index contributed by atoms with van der Waals surface area (Å²) in [6.07, 6.45) is -0.159. The summed E-state index contributed by atoms with van der Waals surface area (Å²) in [5.74, 6) is -0.998. The lowest BCUT2D eigenvalue weighted by molar-refractivity contribution is -0.131. The Kier molecular flexibility index (Phi) is 5.20. The normalized spacial score (nSPS) is 10.2. The molecule has 0 spiro atoms. The summed E-state index contributed by atoms with van der Waals surface area (Å²) in [4.78, 5) is 22.4. The van der Waals surface area contributed by atoms with E-state index in [1.54, 1.807) is 24.3 Å². The number of carbonyl (C=O) groups excluding carboxylic acids is 2. The minimum absolute atomic E-state index is 0.0533. The average Bonchev–Trinajstić information content (AvgIpc) is 2.94. The number of rotatable bonds is 5. The van der Waals surface area contributed by atoms with Gasteiger partial charge in [-0.3, -0.25) is 14.8 Å². The molecule has 0 aliphatic rings. The van der Waals surface area contributed by atoms with E-state index in [-0.39, 0.29) is 18.7 Å². The molecular formula is C12H11ClN4O3S. The van der Waals surface area contributed by atoms with Crippen molar-refractivity contribution >= 4 is 39.9 Å². The van der Waals surface area contributed by atoms with Crippen molar-refractivity contribution in [3.63, 3.8) is 0 Å². The van der Waals surface area contributed by atoms with Gasteiger partial charge in [0.1, 0.15) is 5.01 Å². The van der Waals surface area contributed by atoms with Gasteiger partial charge in [0.2, 0.25) is 16.9 Å². The first-order valence-corrected chi connectivity index (χ1v) is 7.10. The molecule has 9 heteroatoms. The Morgan fingerprint density at radius 3 is 2.48 bits per heavy atom.